The largest absolute Gasteiger partial charge is 0.595 e. The quantitative estimate of drug-likeness (QED) is 0.422. The van der Waals surface area contributed by atoms with Crippen molar-refractivity contribution in [1.82, 2.24) is 19.6 Å². The van der Waals surface area contributed by atoms with Gasteiger partial charge < -0.3 is 19.4 Å². The van der Waals surface area contributed by atoms with E-state index in [-0.39, 0.29) is 11.7 Å². The Labute approximate surface area is 178 Å². The molecular weight excluding hydrogens is 398 g/mol. The van der Waals surface area contributed by atoms with Crippen LogP contribution in [0.5, 0.6) is 0 Å². The Bertz CT molecular complexity index is 1220. The first-order valence-electron chi connectivity index (χ1n) is 10.1. The first-order valence-corrected chi connectivity index (χ1v) is 10.1. The molecule has 0 bridgehead atoms. The van der Waals surface area contributed by atoms with Crippen LogP contribution in [0.3, 0.4) is 0 Å². The molecule has 1 fully saturated rings. The molecule has 0 saturated carbocycles. The van der Waals surface area contributed by atoms with Gasteiger partial charge >= 0.3 is 0 Å². The number of aryl methyl sites for hydroxylation is 1. The van der Waals surface area contributed by atoms with Gasteiger partial charge in [-0.15, -0.1) is 0 Å². The molecule has 0 spiro atoms. The predicted molar refractivity (Wildman–Crippen MR) is 112 cm³/mol. The number of aromatic nitrogens is 3. The van der Waals surface area contributed by atoms with Gasteiger partial charge in [0.05, 0.1) is 12.1 Å². The minimum atomic E-state index is -1.01. The van der Waals surface area contributed by atoms with Gasteiger partial charge in [-0.25, -0.2) is 5.21 Å². The lowest BCUT2D eigenvalue weighted by molar-refractivity contribution is -0.991. The lowest BCUT2D eigenvalue weighted by Gasteiger charge is -2.20. The fourth-order valence-corrected chi connectivity index (χ4v) is 4.36. The topological polar surface area (TPSA) is 115 Å². The van der Waals surface area contributed by atoms with Crippen LogP contribution in [0.1, 0.15) is 23.9 Å². The molecule has 3 heterocycles. The number of para-hydroxylation sites is 1. The lowest BCUT2D eigenvalue weighted by atomic mass is 10.1. The van der Waals surface area contributed by atoms with Crippen molar-refractivity contribution in [2.24, 2.45) is 7.05 Å². The monoisotopic (exact) mass is 421 g/mol. The van der Waals surface area contributed by atoms with E-state index in [9.17, 15) is 15.5 Å². The number of nitrogens with zero attached hydrogens (tertiary/aromatic N) is 4. The molecular formula is C22H23N5O4. The van der Waals surface area contributed by atoms with Gasteiger partial charge in [-0.2, -0.15) is 10.2 Å². The van der Waals surface area contributed by atoms with E-state index in [1.807, 2.05) is 19.2 Å². The van der Waals surface area contributed by atoms with E-state index in [0.717, 1.165) is 5.52 Å². The number of quaternary nitrogens is 1. The highest BCUT2D eigenvalue weighted by Gasteiger charge is 2.36. The van der Waals surface area contributed by atoms with Crippen molar-refractivity contribution >= 4 is 16.6 Å². The molecule has 1 aliphatic rings. The zero-order valence-corrected chi connectivity index (χ0v) is 17.0. The van der Waals surface area contributed by atoms with E-state index in [0.29, 0.717) is 36.8 Å². The summed E-state index contributed by atoms with van der Waals surface area (Å²) in [4.78, 5) is 6.68. The molecule has 9 nitrogen and oxygen atoms in total. The maximum Gasteiger partial charge on any atom is 0.244 e. The molecule has 3 unspecified atom stereocenters. The number of hydrogen-bond donors (Lipinski definition) is 3. The van der Waals surface area contributed by atoms with Gasteiger partial charge in [0.25, 0.3) is 0 Å². The highest BCUT2D eigenvalue weighted by atomic mass is 16.8. The van der Waals surface area contributed by atoms with Crippen LogP contribution in [0.25, 0.3) is 22.3 Å². The Morgan fingerprint density at radius 2 is 2.06 bits per heavy atom. The van der Waals surface area contributed by atoms with Gasteiger partial charge in [-0.05, 0) is 18.1 Å². The van der Waals surface area contributed by atoms with Crippen molar-refractivity contribution in [1.29, 1.82) is 0 Å². The second-order valence-corrected chi connectivity index (χ2v) is 7.96. The summed E-state index contributed by atoms with van der Waals surface area (Å²) in [5.41, 5.74) is 3.07. The highest BCUT2D eigenvalue weighted by Crippen LogP contribution is 2.35. The number of rotatable bonds is 5. The summed E-state index contributed by atoms with van der Waals surface area (Å²) in [6.45, 7) is 1.16. The molecule has 5 rings (SSSR count). The van der Waals surface area contributed by atoms with Gasteiger partial charge in [0.15, 0.2) is 5.69 Å². The van der Waals surface area contributed by atoms with E-state index < -0.39 is 11.3 Å². The zero-order valence-electron chi connectivity index (χ0n) is 17.0. The minimum Gasteiger partial charge on any atom is -0.595 e. The van der Waals surface area contributed by atoms with E-state index >= 15 is 0 Å². The maximum atomic E-state index is 11.2. The predicted octanol–water partition coefficient (Wildman–Crippen LogP) is 1.94. The van der Waals surface area contributed by atoms with Gasteiger partial charge in [0.2, 0.25) is 11.7 Å². The molecule has 2 aromatic heterocycles. The Kier molecular flexibility index (Phi) is 5.05. The normalized spacial score (nSPS) is 20.5. The van der Waals surface area contributed by atoms with Crippen LogP contribution in [0.2, 0.25) is 0 Å². The van der Waals surface area contributed by atoms with Crippen LogP contribution in [-0.4, -0.2) is 42.6 Å². The molecule has 9 heteroatoms. The van der Waals surface area contributed by atoms with E-state index in [1.165, 1.54) is 23.1 Å². The molecule has 31 heavy (non-hydrogen) atoms. The van der Waals surface area contributed by atoms with Crippen LogP contribution < -0.4 is 5.23 Å². The van der Waals surface area contributed by atoms with Gasteiger partial charge in [-0.1, -0.05) is 35.5 Å². The molecule has 0 aliphatic carbocycles. The first-order chi connectivity index (χ1) is 15.0. The van der Waals surface area contributed by atoms with Gasteiger partial charge in [-0.3, -0.25) is 4.90 Å². The number of β-amino-alcohol motifs (C(OH)–C–C–N with tert-alkyl or cyclic N) is 1. The van der Waals surface area contributed by atoms with Crippen molar-refractivity contribution in [3.63, 3.8) is 0 Å². The van der Waals surface area contributed by atoms with Crippen LogP contribution in [0, 0.1) is 5.21 Å². The van der Waals surface area contributed by atoms with Crippen molar-refractivity contribution in [3.05, 3.63) is 71.4 Å². The highest BCUT2D eigenvalue weighted by molar-refractivity contribution is 5.83. The molecule has 1 saturated heterocycles. The minimum absolute atomic E-state index is 0.165. The molecule has 160 valence electrons. The molecule has 2 aromatic carbocycles. The summed E-state index contributed by atoms with van der Waals surface area (Å²) in [5.74, 6) is 0.761. The number of likely N-dealkylation sites (tertiary alicyclic amines) is 1. The van der Waals surface area contributed by atoms with Gasteiger partial charge in [0.1, 0.15) is 0 Å². The average Bonchev–Trinajstić information content (AvgIpc) is 3.47. The third-order valence-corrected chi connectivity index (χ3v) is 5.83. The fourth-order valence-electron chi connectivity index (χ4n) is 4.36. The van der Waals surface area contributed by atoms with Crippen LogP contribution in [-0.2, 0) is 13.6 Å². The number of benzene rings is 2. The molecule has 3 N–H and O–H groups in total. The Morgan fingerprint density at radius 3 is 2.90 bits per heavy atom. The zero-order chi connectivity index (χ0) is 21.5. The molecule has 0 radical (unpaired) electrons. The third kappa shape index (κ3) is 3.73. The molecule has 1 aliphatic heterocycles. The third-order valence-electron chi connectivity index (χ3n) is 5.83. The van der Waals surface area contributed by atoms with Crippen LogP contribution in [0.4, 0.5) is 5.69 Å². The average molecular weight is 421 g/mol. The van der Waals surface area contributed by atoms with Crippen molar-refractivity contribution in [3.8, 4) is 11.4 Å². The van der Waals surface area contributed by atoms with Crippen molar-refractivity contribution < 1.29 is 20.1 Å². The summed E-state index contributed by atoms with van der Waals surface area (Å²) in [5, 5.41) is 35.0. The second kappa shape index (κ2) is 7.88. The summed E-state index contributed by atoms with van der Waals surface area (Å²) in [6.07, 6.45) is 2.13. The van der Waals surface area contributed by atoms with E-state index in [1.54, 1.807) is 12.1 Å². The summed E-state index contributed by atoms with van der Waals surface area (Å²) in [7, 11) is 2.03. The first kappa shape index (κ1) is 19.9. The smallest absolute Gasteiger partial charge is 0.244 e. The van der Waals surface area contributed by atoms with Gasteiger partial charge in [0, 0.05) is 54.9 Å². The van der Waals surface area contributed by atoms with Crippen LogP contribution in [0.15, 0.2) is 59.3 Å². The number of nitrogens with one attached hydrogen (secondary N) is 1. The number of fused-ring (bicyclic) bond motifs is 1. The Morgan fingerprint density at radius 1 is 1.23 bits per heavy atom. The van der Waals surface area contributed by atoms with E-state index in [4.69, 9.17) is 4.52 Å². The summed E-state index contributed by atoms with van der Waals surface area (Å²) in [6, 6.07) is 14.5. The SMILES string of the molecule is Cn1cc(CN2CC(O)CC2c2nc(-c3cccc([NH+]([O-])O)c3)no2)c2ccccc21. The van der Waals surface area contributed by atoms with Crippen molar-refractivity contribution in [2.75, 3.05) is 6.54 Å². The van der Waals surface area contributed by atoms with Crippen LogP contribution >= 0.6 is 0 Å². The standard InChI is InChI=1S/C22H23N5O4/c1-25-11-15(18-7-2-3-8-19(18)25)12-26-13-17(28)10-20(26)22-23-21(24-31-22)14-5-4-6-16(9-14)27(29)30/h2-9,11,17,20,27-29H,10,12-13H2,1H3. The summed E-state index contributed by atoms with van der Waals surface area (Å²) >= 11 is 0. The fraction of sp³-hybridized carbons (Fsp3) is 0.273. The number of hydrogen-bond acceptors (Lipinski definition) is 7. The van der Waals surface area contributed by atoms with Crippen molar-refractivity contribution in [2.45, 2.75) is 25.1 Å². The second-order valence-electron chi connectivity index (χ2n) is 7.96. The molecule has 3 atom stereocenters. The molecule has 0 amide bonds. The number of aliphatic hydroxyl groups excluding tert-OH is 1. The summed E-state index contributed by atoms with van der Waals surface area (Å²) < 4.78 is 7.65. The lowest BCUT2D eigenvalue weighted by Crippen LogP contribution is -2.99. The van der Waals surface area contributed by atoms with E-state index in [2.05, 4.69) is 37.9 Å². The Hall–Kier alpha value is -3.08. The maximum absolute atomic E-state index is 11.2. The number of aliphatic hydroxyl groups is 1. The molecule has 4 aromatic rings. The Balaban J connectivity index is 1.42.